The number of thiophene rings is 1. The molecule has 1 fully saturated rings. The fourth-order valence-electron chi connectivity index (χ4n) is 2.36. The van der Waals surface area contributed by atoms with Gasteiger partial charge >= 0.3 is 0 Å². The van der Waals surface area contributed by atoms with Gasteiger partial charge in [0.2, 0.25) is 0 Å². The summed E-state index contributed by atoms with van der Waals surface area (Å²) >= 11 is 1.33. The van der Waals surface area contributed by atoms with Crippen molar-refractivity contribution in [3.05, 3.63) is 22.4 Å². The van der Waals surface area contributed by atoms with E-state index in [9.17, 15) is 9.59 Å². The molecule has 0 unspecified atom stereocenters. The maximum Gasteiger partial charge on any atom is 0.270 e. The van der Waals surface area contributed by atoms with Crippen molar-refractivity contribution in [2.75, 3.05) is 7.11 Å². The molecule has 5 nitrogen and oxygen atoms in total. The molecule has 2 amide bonds. The average Bonchev–Trinajstić information content (AvgIpc) is 2.95. The third-order valence-corrected chi connectivity index (χ3v) is 4.48. The maximum absolute atomic E-state index is 12.4. The summed E-state index contributed by atoms with van der Waals surface area (Å²) < 4.78 is 11.0. The van der Waals surface area contributed by atoms with E-state index in [0.29, 0.717) is 4.88 Å². The molecular formula is C15H21NO4S. The van der Waals surface area contributed by atoms with Crippen LogP contribution in [0, 0.1) is 5.92 Å². The average molecular weight is 311 g/mol. The summed E-state index contributed by atoms with van der Waals surface area (Å²) in [5.74, 6) is -1.28. The second-order valence-corrected chi connectivity index (χ2v) is 6.82. The summed E-state index contributed by atoms with van der Waals surface area (Å²) in [6.45, 7) is 7.45. The summed E-state index contributed by atoms with van der Waals surface area (Å²) in [7, 11) is 1.53. The molecule has 2 rings (SSSR count). The molecule has 1 aliphatic rings. The zero-order valence-corrected chi connectivity index (χ0v) is 13.8. The van der Waals surface area contributed by atoms with Crippen LogP contribution in [0.25, 0.3) is 0 Å². The number of hydrogen-bond acceptors (Lipinski definition) is 5. The first-order valence-electron chi connectivity index (χ1n) is 6.92. The second-order valence-electron chi connectivity index (χ2n) is 5.87. The van der Waals surface area contributed by atoms with Crippen LogP contribution in [-0.2, 0) is 14.3 Å². The first-order valence-corrected chi connectivity index (χ1v) is 7.80. The quantitative estimate of drug-likeness (QED) is 0.476. The van der Waals surface area contributed by atoms with Crippen molar-refractivity contribution < 1.29 is 19.1 Å². The van der Waals surface area contributed by atoms with E-state index in [1.165, 1.54) is 23.3 Å². The van der Waals surface area contributed by atoms with Gasteiger partial charge in [0.1, 0.15) is 0 Å². The minimum absolute atomic E-state index is 0.115. The largest absolute Gasteiger partial charge is 0.354 e. The monoisotopic (exact) mass is 311 g/mol. The Balaban J connectivity index is 2.18. The van der Waals surface area contributed by atoms with E-state index in [2.05, 4.69) is 0 Å². The summed E-state index contributed by atoms with van der Waals surface area (Å²) in [6, 6.07) is 3.26. The number of ether oxygens (including phenoxy) is 2. The molecule has 0 N–H and O–H groups in total. The Bertz CT molecular complexity index is 524. The highest BCUT2D eigenvalue weighted by molar-refractivity contribution is 7.12. The molecule has 1 aromatic rings. The molecule has 116 valence electrons. The van der Waals surface area contributed by atoms with Gasteiger partial charge in [0.25, 0.3) is 11.8 Å². The van der Waals surface area contributed by atoms with Crippen LogP contribution in [-0.4, -0.2) is 41.8 Å². The topological polar surface area (TPSA) is 55.8 Å². The van der Waals surface area contributed by atoms with E-state index in [-0.39, 0.29) is 23.8 Å². The molecule has 0 saturated carbocycles. The summed E-state index contributed by atoms with van der Waals surface area (Å²) in [5.41, 5.74) is 0. The van der Waals surface area contributed by atoms with E-state index < -0.39 is 11.9 Å². The SMILES string of the molecule is COC(C)(C)O[C@@H]1C(=O)N(C(=O)c2cccs2)[C@@H]1C(C)C. The van der Waals surface area contributed by atoms with Crippen LogP contribution in [0.2, 0.25) is 0 Å². The molecule has 2 heterocycles. The van der Waals surface area contributed by atoms with Gasteiger partial charge in [-0.1, -0.05) is 19.9 Å². The van der Waals surface area contributed by atoms with E-state index in [4.69, 9.17) is 9.47 Å². The molecule has 6 heteroatoms. The number of carbonyl (C=O) groups excluding carboxylic acids is 2. The van der Waals surface area contributed by atoms with Gasteiger partial charge in [-0.05, 0) is 31.2 Å². The first-order chi connectivity index (χ1) is 9.78. The molecule has 21 heavy (non-hydrogen) atoms. The van der Waals surface area contributed by atoms with Crippen molar-refractivity contribution in [2.45, 2.75) is 45.6 Å². The third kappa shape index (κ3) is 3.02. The fourth-order valence-corrected chi connectivity index (χ4v) is 3.02. The number of β-lactam (4-membered cyclic amide) rings is 1. The molecular weight excluding hydrogens is 290 g/mol. The molecule has 0 spiro atoms. The van der Waals surface area contributed by atoms with Crippen molar-refractivity contribution in [1.29, 1.82) is 0 Å². The smallest absolute Gasteiger partial charge is 0.270 e. The number of hydrogen-bond donors (Lipinski definition) is 0. The van der Waals surface area contributed by atoms with Crippen molar-refractivity contribution in [3.8, 4) is 0 Å². The lowest BCUT2D eigenvalue weighted by atomic mass is 9.87. The van der Waals surface area contributed by atoms with Gasteiger partial charge < -0.3 is 9.47 Å². The fraction of sp³-hybridized carbons (Fsp3) is 0.600. The van der Waals surface area contributed by atoms with Crippen LogP contribution in [0.4, 0.5) is 0 Å². The molecule has 1 aliphatic heterocycles. The number of amides is 2. The second kappa shape index (κ2) is 5.87. The van der Waals surface area contributed by atoms with Crippen LogP contribution >= 0.6 is 11.3 Å². The summed E-state index contributed by atoms with van der Waals surface area (Å²) in [6.07, 6.45) is -0.635. The lowest BCUT2D eigenvalue weighted by molar-refractivity contribution is -0.252. The van der Waals surface area contributed by atoms with Gasteiger partial charge in [-0.3, -0.25) is 14.5 Å². The highest BCUT2D eigenvalue weighted by Gasteiger charge is 2.54. The molecule has 0 radical (unpaired) electrons. The molecule has 1 aromatic heterocycles. The van der Waals surface area contributed by atoms with E-state index in [1.54, 1.807) is 26.0 Å². The van der Waals surface area contributed by atoms with Crippen LogP contribution < -0.4 is 0 Å². The van der Waals surface area contributed by atoms with E-state index >= 15 is 0 Å². The maximum atomic E-state index is 12.4. The van der Waals surface area contributed by atoms with Gasteiger partial charge in [0.05, 0.1) is 10.9 Å². The minimum Gasteiger partial charge on any atom is -0.354 e. The molecule has 0 bridgehead atoms. The Labute approximate surface area is 128 Å². The first kappa shape index (κ1) is 16.1. The van der Waals surface area contributed by atoms with Crippen LogP contribution in [0.1, 0.15) is 37.4 Å². The Morgan fingerprint density at radius 1 is 1.43 bits per heavy atom. The zero-order valence-electron chi connectivity index (χ0n) is 13.0. The predicted molar refractivity (Wildman–Crippen MR) is 80.1 cm³/mol. The lowest BCUT2D eigenvalue weighted by Gasteiger charge is -2.49. The van der Waals surface area contributed by atoms with Crippen molar-refractivity contribution in [1.82, 2.24) is 4.90 Å². The third-order valence-electron chi connectivity index (χ3n) is 3.63. The minimum atomic E-state index is -0.856. The number of likely N-dealkylation sites (tertiary alicyclic amines) is 1. The van der Waals surface area contributed by atoms with Crippen LogP contribution in [0.15, 0.2) is 17.5 Å². The van der Waals surface area contributed by atoms with Gasteiger partial charge in [-0.15, -0.1) is 11.3 Å². The molecule has 1 saturated heterocycles. The van der Waals surface area contributed by atoms with Gasteiger partial charge in [-0.25, -0.2) is 0 Å². The molecule has 2 atom stereocenters. The van der Waals surface area contributed by atoms with E-state index in [0.717, 1.165) is 0 Å². The Hall–Kier alpha value is -1.24. The summed E-state index contributed by atoms with van der Waals surface area (Å²) in [4.78, 5) is 26.6. The van der Waals surface area contributed by atoms with Crippen LogP contribution in [0.3, 0.4) is 0 Å². The standard InChI is InChI=1S/C15H21NO4S/c1-9(2)11-12(20-15(3,4)19-5)14(18)16(11)13(17)10-7-6-8-21-10/h6-9,11-12H,1-5H3/t11-,12+/m1/s1. The lowest BCUT2D eigenvalue weighted by Crippen LogP contribution is -2.70. The van der Waals surface area contributed by atoms with Gasteiger partial charge in [0.15, 0.2) is 11.9 Å². The number of carbonyl (C=O) groups is 2. The zero-order chi connectivity index (χ0) is 15.8. The highest BCUT2D eigenvalue weighted by atomic mass is 32.1. The van der Waals surface area contributed by atoms with Crippen molar-refractivity contribution in [2.24, 2.45) is 5.92 Å². The van der Waals surface area contributed by atoms with E-state index in [1.807, 2.05) is 19.2 Å². The predicted octanol–water partition coefficient (Wildman–Crippen LogP) is 2.52. The molecule has 0 aliphatic carbocycles. The molecule has 0 aromatic carbocycles. The Morgan fingerprint density at radius 3 is 2.57 bits per heavy atom. The Kier molecular flexibility index (Phi) is 4.51. The van der Waals surface area contributed by atoms with Crippen LogP contribution in [0.5, 0.6) is 0 Å². The summed E-state index contributed by atoms with van der Waals surface area (Å²) in [5, 5.41) is 1.82. The number of rotatable bonds is 5. The van der Waals surface area contributed by atoms with Crippen molar-refractivity contribution >= 4 is 23.2 Å². The number of imide groups is 1. The number of nitrogens with zero attached hydrogens (tertiary/aromatic N) is 1. The normalized spacial score (nSPS) is 22.6. The number of methoxy groups -OCH3 is 1. The van der Waals surface area contributed by atoms with Gasteiger partial charge in [0, 0.05) is 7.11 Å². The Morgan fingerprint density at radius 2 is 2.10 bits per heavy atom. The van der Waals surface area contributed by atoms with Crippen molar-refractivity contribution in [3.63, 3.8) is 0 Å². The van der Waals surface area contributed by atoms with Gasteiger partial charge in [-0.2, -0.15) is 0 Å². The highest BCUT2D eigenvalue weighted by Crippen LogP contribution is 2.34.